The van der Waals surface area contributed by atoms with Gasteiger partial charge in [0.05, 0.1) is 12.2 Å². The molecular formula is C30H41F3N4O10. The second-order valence-corrected chi connectivity index (χ2v) is 10.2. The number of ether oxygens (including phenoxy) is 1. The van der Waals surface area contributed by atoms with Gasteiger partial charge in [-0.3, -0.25) is 19.5 Å². The summed E-state index contributed by atoms with van der Waals surface area (Å²) in [6.07, 6.45) is -2.08. The Morgan fingerprint density at radius 2 is 1.19 bits per heavy atom. The lowest BCUT2D eigenvalue weighted by Gasteiger charge is -2.39. The van der Waals surface area contributed by atoms with Crippen molar-refractivity contribution in [2.24, 2.45) is 0 Å². The lowest BCUT2D eigenvalue weighted by atomic mass is 10.1. The van der Waals surface area contributed by atoms with E-state index in [2.05, 4.69) is 14.7 Å². The Hall–Kier alpha value is -4.48. The number of rotatable bonds is 11. The van der Waals surface area contributed by atoms with Crippen molar-refractivity contribution in [3.8, 4) is 0 Å². The number of benzene rings is 1. The Labute approximate surface area is 269 Å². The number of halogens is 3. The molecule has 0 spiro atoms. The highest BCUT2D eigenvalue weighted by molar-refractivity contribution is 5.90. The van der Waals surface area contributed by atoms with Gasteiger partial charge >= 0.3 is 36.0 Å². The highest BCUT2D eigenvalue weighted by Crippen LogP contribution is 2.31. The fourth-order valence-electron chi connectivity index (χ4n) is 4.46. The molecule has 2 fully saturated rings. The molecule has 1 aromatic rings. The van der Waals surface area contributed by atoms with Gasteiger partial charge in [-0.2, -0.15) is 13.2 Å². The summed E-state index contributed by atoms with van der Waals surface area (Å²) < 4.78 is 44.0. The van der Waals surface area contributed by atoms with E-state index in [0.717, 1.165) is 71.5 Å². The van der Waals surface area contributed by atoms with E-state index in [-0.39, 0.29) is 12.0 Å². The highest BCUT2D eigenvalue weighted by atomic mass is 19.4. The number of hydrogen-bond acceptors (Lipinski definition) is 10. The number of carboxylic acids is 4. The third-order valence-corrected chi connectivity index (χ3v) is 6.96. The van der Waals surface area contributed by atoms with Gasteiger partial charge in [-0.25, -0.2) is 19.2 Å². The van der Waals surface area contributed by atoms with Crippen LogP contribution >= 0.6 is 0 Å². The highest BCUT2D eigenvalue weighted by Gasteiger charge is 2.31. The second-order valence-electron chi connectivity index (χ2n) is 10.2. The average molecular weight is 675 g/mol. The third-order valence-electron chi connectivity index (χ3n) is 6.96. The summed E-state index contributed by atoms with van der Waals surface area (Å²) in [5.41, 5.74) is 0.0464. The van der Waals surface area contributed by atoms with E-state index in [9.17, 15) is 37.1 Å². The molecule has 2 saturated heterocycles. The summed E-state index contributed by atoms with van der Waals surface area (Å²) in [7, 11) is 0. The summed E-state index contributed by atoms with van der Waals surface area (Å²) in [5.74, 6) is -5.19. The summed E-state index contributed by atoms with van der Waals surface area (Å²) in [6.45, 7) is 12.7. The third kappa shape index (κ3) is 17.1. The summed E-state index contributed by atoms with van der Waals surface area (Å²) in [5, 5.41) is 31.2. The fraction of sp³-hybridized carbons (Fsp3) is 0.500. The zero-order chi connectivity index (χ0) is 35.6. The van der Waals surface area contributed by atoms with Gasteiger partial charge in [0.15, 0.2) is 0 Å². The molecule has 2 heterocycles. The van der Waals surface area contributed by atoms with E-state index in [1.807, 2.05) is 18.7 Å². The predicted molar refractivity (Wildman–Crippen MR) is 163 cm³/mol. The number of carbonyl (C=O) groups excluding carboxylic acids is 1. The number of carboxylic acid groups (broad SMARTS) is 4. The van der Waals surface area contributed by atoms with Crippen LogP contribution in [-0.4, -0.2) is 143 Å². The topological polar surface area (TPSA) is 188 Å². The van der Waals surface area contributed by atoms with Crippen LogP contribution < -0.4 is 4.90 Å². The van der Waals surface area contributed by atoms with Crippen molar-refractivity contribution >= 4 is 35.5 Å². The minimum absolute atomic E-state index is 0.158. The van der Waals surface area contributed by atoms with Crippen molar-refractivity contribution in [3.63, 3.8) is 0 Å². The van der Waals surface area contributed by atoms with Crippen LogP contribution in [-0.2, 0) is 34.9 Å². The van der Waals surface area contributed by atoms with E-state index >= 15 is 0 Å². The maximum absolute atomic E-state index is 13.0. The summed E-state index contributed by atoms with van der Waals surface area (Å²) in [4.78, 5) is 59.1. The number of esters is 1. The standard InChI is InChI=1S/C22H33F3N4O2.2C4H4O4/c1-3-31-21(30)18(2)28-13-9-26(10-14-28)7-8-27-11-15-29(16-12-27)20-6-4-5-19(17-20)22(23,24)25;2*5-3(6)1-2-4(7)8/h4-6,17-18H,3,7-16H2,1-2H3;2*1-2H,(H,5,6)(H,7,8)/b;2*2-1+. The van der Waals surface area contributed by atoms with Gasteiger partial charge in [0, 0.05) is 95.4 Å². The number of anilines is 1. The van der Waals surface area contributed by atoms with Gasteiger partial charge in [-0.15, -0.1) is 0 Å². The number of piperazine rings is 2. The first-order valence-electron chi connectivity index (χ1n) is 14.6. The molecule has 1 aromatic carbocycles. The predicted octanol–water partition coefficient (Wildman–Crippen LogP) is 1.82. The van der Waals surface area contributed by atoms with Crippen LogP contribution in [0.1, 0.15) is 19.4 Å². The summed E-state index contributed by atoms with van der Waals surface area (Å²) in [6, 6.07) is 5.39. The molecule has 262 valence electrons. The SMILES string of the molecule is CCOC(=O)C(C)N1CCN(CCN2CCN(c3cccc(C(F)(F)F)c3)CC2)CC1.O=C(O)/C=C/C(=O)O.O=C(O)/C=C/C(=O)O. The van der Waals surface area contributed by atoms with Crippen LogP contribution in [0.4, 0.5) is 18.9 Å². The van der Waals surface area contributed by atoms with Crippen LogP contribution in [0.3, 0.4) is 0 Å². The van der Waals surface area contributed by atoms with Gasteiger partial charge < -0.3 is 30.1 Å². The van der Waals surface area contributed by atoms with E-state index < -0.39 is 35.6 Å². The van der Waals surface area contributed by atoms with Crippen molar-refractivity contribution in [1.82, 2.24) is 14.7 Å². The molecule has 1 atom stereocenters. The van der Waals surface area contributed by atoms with Gasteiger partial charge in [-0.05, 0) is 32.0 Å². The number of carbonyl (C=O) groups is 5. The first-order chi connectivity index (χ1) is 22.0. The Morgan fingerprint density at radius 1 is 0.766 bits per heavy atom. The molecule has 0 bridgehead atoms. The van der Waals surface area contributed by atoms with Crippen molar-refractivity contribution in [2.45, 2.75) is 26.1 Å². The maximum Gasteiger partial charge on any atom is 0.416 e. The van der Waals surface area contributed by atoms with Crippen molar-refractivity contribution in [3.05, 3.63) is 54.1 Å². The molecule has 3 rings (SSSR count). The van der Waals surface area contributed by atoms with Crippen LogP contribution in [0, 0.1) is 0 Å². The van der Waals surface area contributed by atoms with Crippen LogP contribution in [0.25, 0.3) is 0 Å². The number of alkyl halides is 3. The van der Waals surface area contributed by atoms with Crippen molar-refractivity contribution < 1.29 is 62.3 Å². The van der Waals surface area contributed by atoms with Crippen LogP contribution in [0.5, 0.6) is 0 Å². The Bertz CT molecular complexity index is 1180. The number of nitrogens with zero attached hydrogens (tertiary/aromatic N) is 4. The van der Waals surface area contributed by atoms with Gasteiger partial charge in [0.1, 0.15) is 6.04 Å². The molecule has 0 amide bonds. The van der Waals surface area contributed by atoms with E-state index in [4.69, 9.17) is 25.2 Å². The van der Waals surface area contributed by atoms with E-state index in [1.165, 1.54) is 12.1 Å². The lowest BCUT2D eigenvalue weighted by Crippen LogP contribution is -2.54. The van der Waals surface area contributed by atoms with E-state index in [0.29, 0.717) is 36.6 Å². The molecule has 0 aliphatic carbocycles. The second kappa shape index (κ2) is 20.6. The Balaban J connectivity index is 0.000000569. The number of aliphatic carboxylic acids is 4. The molecule has 1 unspecified atom stereocenters. The fourth-order valence-corrected chi connectivity index (χ4v) is 4.46. The van der Waals surface area contributed by atoms with Crippen LogP contribution in [0.15, 0.2) is 48.6 Å². The molecule has 0 aromatic heterocycles. The maximum atomic E-state index is 13.0. The van der Waals surface area contributed by atoms with Gasteiger partial charge in [0.25, 0.3) is 0 Å². The molecular weight excluding hydrogens is 633 g/mol. The number of hydrogen-bond donors (Lipinski definition) is 4. The van der Waals surface area contributed by atoms with Gasteiger partial charge in [-0.1, -0.05) is 6.07 Å². The molecule has 2 aliphatic heterocycles. The Kier molecular flexibility index (Phi) is 17.8. The molecule has 47 heavy (non-hydrogen) atoms. The van der Waals surface area contributed by atoms with Crippen molar-refractivity contribution in [1.29, 1.82) is 0 Å². The van der Waals surface area contributed by atoms with Crippen LogP contribution in [0.2, 0.25) is 0 Å². The zero-order valence-corrected chi connectivity index (χ0v) is 26.1. The van der Waals surface area contributed by atoms with E-state index in [1.54, 1.807) is 6.07 Å². The zero-order valence-electron chi connectivity index (χ0n) is 26.1. The first kappa shape index (κ1) is 40.5. The largest absolute Gasteiger partial charge is 0.478 e. The molecule has 0 saturated carbocycles. The quantitative estimate of drug-likeness (QED) is 0.197. The van der Waals surface area contributed by atoms with Crippen molar-refractivity contribution in [2.75, 3.05) is 77.0 Å². The lowest BCUT2D eigenvalue weighted by molar-refractivity contribution is -0.149. The Morgan fingerprint density at radius 3 is 1.57 bits per heavy atom. The smallest absolute Gasteiger partial charge is 0.416 e. The monoisotopic (exact) mass is 674 g/mol. The molecule has 0 radical (unpaired) electrons. The minimum Gasteiger partial charge on any atom is -0.478 e. The normalized spacial score (nSPS) is 16.8. The minimum atomic E-state index is -4.31. The average Bonchev–Trinajstić information content (AvgIpc) is 3.02. The molecule has 17 heteroatoms. The molecule has 4 N–H and O–H groups in total. The molecule has 14 nitrogen and oxygen atoms in total. The summed E-state index contributed by atoms with van der Waals surface area (Å²) >= 11 is 0. The molecule has 2 aliphatic rings. The first-order valence-corrected chi connectivity index (χ1v) is 14.6. The van der Waals surface area contributed by atoms with Gasteiger partial charge in [0.2, 0.25) is 0 Å².